The highest BCUT2D eigenvalue weighted by atomic mass is 14.5. The summed E-state index contributed by atoms with van der Waals surface area (Å²) in [5.74, 6) is 0.564. The van der Waals surface area contributed by atoms with E-state index >= 15 is 0 Å². The first-order chi connectivity index (χ1) is 9.10. The summed E-state index contributed by atoms with van der Waals surface area (Å²) in [4.78, 5) is 0. The highest BCUT2D eigenvalue weighted by Gasteiger charge is 2.46. The van der Waals surface area contributed by atoms with Gasteiger partial charge in [-0.05, 0) is 28.2 Å². The SMILES string of the molecule is [B]C(C)C1(C(C)C)c2ccccc2-c2ccccc21. The van der Waals surface area contributed by atoms with Crippen LogP contribution >= 0.6 is 0 Å². The van der Waals surface area contributed by atoms with Crippen LogP contribution in [0.15, 0.2) is 48.5 Å². The van der Waals surface area contributed by atoms with Gasteiger partial charge < -0.3 is 0 Å². The molecular formula is C18H19B. The summed E-state index contributed by atoms with van der Waals surface area (Å²) in [6.07, 6.45) is 0. The van der Waals surface area contributed by atoms with Gasteiger partial charge in [-0.25, -0.2) is 0 Å². The summed E-state index contributed by atoms with van der Waals surface area (Å²) < 4.78 is 0. The fraction of sp³-hybridized carbons (Fsp3) is 0.333. The van der Waals surface area contributed by atoms with E-state index in [2.05, 4.69) is 69.3 Å². The molecule has 1 aliphatic rings. The van der Waals surface area contributed by atoms with Crippen LogP contribution in [0.25, 0.3) is 11.1 Å². The molecule has 3 rings (SSSR count). The Morgan fingerprint density at radius 1 is 0.789 bits per heavy atom. The fourth-order valence-electron chi connectivity index (χ4n) is 3.94. The molecule has 2 aromatic carbocycles. The molecule has 0 nitrogen and oxygen atoms in total. The summed E-state index contributed by atoms with van der Waals surface area (Å²) >= 11 is 0. The molecule has 1 atom stereocenters. The summed E-state index contributed by atoms with van der Waals surface area (Å²) in [5, 5.41) is 0. The Hall–Kier alpha value is -1.50. The Bertz CT molecular complexity index is 555. The normalized spacial score (nSPS) is 17.1. The number of benzene rings is 2. The predicted molar refractivity (Wildman–Crippen MR) is 82.7 cm³/mol. The molecule has 94 valence electrons. The Labute approximate surface area is 117 Å². The van der Waals surface area contributed by atoms with Crippen LogP contribution in [-0.4, -0.2) is 7.85 Å². The van der Waals surface area contributed by atoms with E-state index in [9.17, 15) is 0 Å². The minimum atomic E-state index is -0.0623. The molecular weight excluding hydrogens is 227 g/mol. The Balaban J connectivity index is 2.42. The molecule has 2 aromatic rings. The van der Waals surface area contributed by atoms with Gasteiger partial charge in [0.15, 0.2) is 0 Å². The summed E-state index contributed by atoms with van der Waals surface area (Å²) in [7, 11) is 6.46. The van der Waals surface area contributed by atoms with Gasteiger partial charge in [-0.2, -0.15) is 0 Å². The molecule has 0 aromatic heterocycles. The van der Waals surface area contributed by atoms with E-state index in [1.165, 1.54) is 22.3 Å². The van der Waals surface area contributed by atoms with Crippen molar-refractivity contribution in [3.63, 3.8) is 0 Å². The topological polar surface area (TPSA) is 0 Å². The lowest BCUT2D eigenvalue weighted by Gasteiger charge is -2.40. The largest absolute Gasteiger partial charge is 0.0712 e. The van der Waals surface area contributed by atoms with Gasteiger partial charge in [-0.1, -0.05) is 75.1 Å². The molecule has 19 heavy (non-hydrogen) atoms. The van der Waals surface area contributed by atoms with Crippen molar-refractivity contribution in [1.29, 1.82) is 0 Å². The van der Waals surface area contributed by atoms with E-state index in [1.54, 1.807) is 0 Å². The van der Waals surface area contributed by atoms with E-state index in [1.807, 2.05) is 0 Å². The van der Waals surface area contributed by atoms with Gasteiger partial charge in [0.2, 0.25) is 0 Å². The van der Waals surface area contributed by atoms with E-state index in [-0.39, 0.29) is 11.2 Å². The monoisotopic (exact) mass is 246 g/mol. The van der Waals surface area contributed by atoms with Crippen molar-refractivity contribution in [1.82, 2.24) is 0 Å². The Morgan fingerprint density at radius 2 is 1.21 bits per heavy atom. The van der Waals surface area contributed by atoms with Crippen molar-refractivity contribution in [2.24, 2.45) is 5.92 Å². The zero-order chi connectivity index (χ0) is 13.6. The molecule has 0 bridgehead atoms. The van der Waals surface area contributed by atoms with Crippen molar-refractivity contribution < 1.29 is 0 Å². The first-order valence-electron chi connectivity index (χ1n) is 7.05. The van der Waals surface area contributed by atoms with Crippen LogP contribution in [0.5, 0.6) is 0 Å². The number of hydrogen-bond donors (Lipinski definition) is 0. The second kappa shape index (κ2) is 4.26. The lowest BCUT2D eigenvalue weighted by molar-refractivity contribution is 0.367. The molecule has 0 fully saturated rings. The van der Waals surface area contributed by atoms with Gasteiger partial charge >= 0.3 is 0 Å². The summed E-state index contributed by atoms with van der Waals surface area (Å²) in [5.41, 5.74) is 5.42. The van der Waals surface area contributed by atoms with Crippen LogP contribution < -0.4 is 0 Å². The van der Waals surface area contributed by atoms with Gasteiger partial charge in [-0.3, -0.25) is 0 Å². The molecule has 0 spiro atoms. The van der Waals surface area contributed by atoms with Crippen LogP contribution in [-0.2, 0) is 5.41 Å². The van der Waals surface area contributed by atoms with Crippen LogP contribution in [0.2, 0.25) is 5.82 Å². The molecule has 2 radical (unpaired) electrons. The van der Waals surface area contributed by atoms with Crippen molar-refractivity contribution in [3.8, 4) is 11.1 Å². The molecule has 0 saturated heterocycles. The Kier molecular flexibility index (Phi) is 2.81. The van der Waals surface area contributed by atoms with Gasteiger partial charge in [0.25, 0.3) is 0 Å². The predicted octanol–water partition coefficient (Wildman–Crippen LogP) is 4.59. The zero-order valence-electron chi connectivity index (χ0n) is 11.9. The molecule has 0 amide bonds. The Morgan fingerprint density at radius 3 is 1.58 bits per heavy atom. The third-order valence-corrected chi connectivity index (χ3v) is 4.66. The summed E-state index contributed by atoms with van der Waals surface area (Å²) in [6.45, 7) is 6.70. The van der Waals surface area contributed by atoms with Crippen molar-refractivity contribution >= 4 is 7.85 Å². The average molecular weight is 246 g/mol. The number of fused-ring (bicyclic) bond motifs is 3. The van der Waals surface area contributed by atoms with E-state index in [4.69, 9.17) is 7.85 Å². The van der Waals surface area contributed by atoms with Gasteiger partial charge in [0, 0.05) is 5.41 Å². The van der Waals surface area contributed by atoms with Crippen LogP contribution in [0, 0.1) is 5.92 Å². The van der Waals surface area contributed by atoms with Crippen LogP contribution in [0.1, 0.15) is 31.9 Å². The van der Waals surface area contributed by atoms with Gasteiger partial charge in [-0.15, -0.1) is 0 Å². The molecule has 1 aliphatic carbocycles. The van der Waals surface area contributed by atoms with Crippen LogP contribution in [0.4, 0.5) is 0 Å². The lowest BCUT2D eigenvalue weighted by atomic mass is 9.56. The highest BCUT2D eigenvalue weighted by Crippen LogP contribution is 2.57. The average Bonchev–Trinajstić information content (AvgIpc) is 2.70. The first kappa shape index (κ1) is 12.5. The zero-order valence-corrected chi connectivity index (χ0v) is 11.9. The third kappa shape index (κ3) is 1.48. The lowest BCUT2D eigenvalue weighted by Crippen LogP contribution is -2.35. The van der Waals surface area contributed by atoms with E-state index in [0.29, 0.717) is 5.92 Å². The molecule has 0 aliphatic heterocycles. The van der Waals surface area contributed by atoms with E-state index < -0.39 is 0 Å². The third-order valence-electron chi connectivity index (χ3n) is 4.66. The maximum atomic E-state index is 6.46. The molecule has 0 N–H and O–H groups in total. The van der Waals surface area contributed by atoms with Crippen LogP contribution in [0.3, 0.4) is 0 Å². The van der Waals surface area contributed by atoms with Gasteiger partial charge in [0.05, 0.1) is 7.85 Å². The molecule has 1 heteroatoms. The van der Waals surface area contributed by atoms with E-state index in [0.717, 1.165) is 0 Å². The van der Waals surface area contributed by atoms with Crippen molar-refractivity contribution in [2.75, 3.05) is 0 Å². The first-order valence-corrected chi connectivity index (χ1v) is 7.05. The smallest absolute Gasteiger partial charge is 0.0693 e. The molecule has 0 heterocycles. The minimum absolute atomic E-state index is 0.0623. The minimum Gasteiger partial charge on any atom is -0.0693 e. The fourth-order valence-corrected chi connectivity index (χ4v) is 3.94. The maximum Gasteiger partial charge on any atom is 0.0712 e. The summed E-state index contributed by atoms with van der Waals surface area (Å²) in [6, 6.07) is 17.4. The molecule has 1 unspecified atom stereocenters. The highest BCUT2D eigenvalue weighted by molar-refractivity contribution is 6.13. The number of rotatable bonds is 2. The van der Waals surface area contributed by atoms with Crippen molar-refractivity contribution in [3.05, 3.63) is 59.7 Å². The second-order valence-electron chi connectivity index (χ2n) is 5.90. The quantitative estimate of drug-likeness (QED) is 0.680. The molecule has 0 saturated carbocycles. The standard InChI is InChI=1S/C18H19B/c1-12(2)18(13(3)19)16-10-6-4-8-14(16)15-9-5-7-11-17(15)18/h4-13H,1-3H3. The van der Waals surface area contributed by atoms with Gasteiger partial charge in [0.1, 0.15) is 0 Å². The maximum absolute atomic E-state index is 6.46. The second-order valence-corrected chi connectivity index (χ2v) is 5.90. The number of hydrogen-bond acceptors (Lipinski definition) is 0. The van der Waals surface area contributed by atoms with Crippen molar-refractivity contribution in [2.45, 2.75) is 32.0 Å².